The molecule has 0 amide bonds. The highest BCUT2D eigenvalue weighted by molar-refractivity contribution is 7.92. The summed E-state index contributed by atoms with van der Waals surface area (Å²) in [6.07, 6.45) is 3.28. The molecule has 0 saturated carbocycles. The topological polar surface area (TPSA) is 55.4 Å². The van der Waals surface area contributed by atoms with Crippen LogP contribution in [-0.4, -0.2) is 32.6 Å². The zero-order valence-electron chi connectivity index (χ0n) is 11.5. The van der Waals surface area contributed by atoms with E-state index >= 15 is 0 Å². The van der Waals surface area contributed by atoms with Crippen molar-refractivity contribution in [3.05, 3.63) is 42.5 Å². The zero-order chi connectivity index (χ0) is 14.4. The smallest absolute Gasteiger partial charge is 0.154 e. The minimum atomic E-state index is -2.85. The van der Waals surface area contributed by atoms with Crippen molar-refractivity contribution in [1.82, 2.24) is 5.32 Å². The lowest BCUT2D eigenvalue weighted by atomic mass is 10.2. The first-order valence-electron chi connectivity index (χ1n) is 6.87. The Hall–Kier alpha value is -1.33. The van der Waals surface area contributed by atoms with Gasteiger partial charge in [0.25, 0.3) is 0 Å². The summed E-state index contributed by atoms with van der Waals surface area (Å²) >= 11 is 0. The largest absolute Gasteiger partial charge is 0.490 e. The molecule has 1 unspecified atom stereocenters. The summed E-state index contributed by atoms with van der Waals surface area (Å²) in [5.74, 6) is 1.15. The van der Waals surface area contributed by atoms with Gasteiger partial charge in [0.1, 0.15) is 12.4 Å². The van der Waals surface area contributed by atoms with Gasteiger partial charge in [0, 0.05) is 13.1 Å². The predicted octanol–water partition coefficient (Wildman–Crippen LogP) is 1.92. The van der Waals surface area contributed by atoms with Crippen molar-refractivity contribution in [2.45, 2.75) is 24.6 Å². The quantitative estimate of drug-likeness (QED) is 0.781. The molecule has 2 rings (SSSR count). The normalized spacial score (nSPS) is 20.7. The van der Waals surface area contributed by atoms with Gasteiger partial charge in [-0.1, -0.05) is 24.8 Å². The first-order chi connectivity index (χ1) is 9.62. The summed E-state index contributed by atoms with van der Waals surface area (Å²) in [5, 5.41) is 3.02. The Bertz CT molecular complexity index is 537. The van der Waals surface area contributed by atoms with Gasteiger partial charge in [0.2, 0.25) is 0 Å². The number of ether oxygens (including phenoxy) is 1. The Morgan fingerprint density at radius 1 is 1.35 bits per heavy atom. The third-order valence-electron chi connectivity index (χ3n) is 3.46. The molecule has 0 aliphatic carbocycles. The number of rotatable bonds is 7. The zero-order valence-corrected chi connectivity index (χ0v) is 12.4. The minimum Gasteiger partial charge on any atom is -0.490 e. The van der Waals surface area contributed by atoms with Gasteiger partial charge in [-0.05, 0) is 30.5 Å². The average molecular weight is 295 g/mol. The first-order valence-corrected chi connectivity index (χ1v) is 8.58. The van der Waals surface area contributed by atoms with Gasteiger partial charge in [-0.25, -0.2) is 8.42 Å². The predicted molar refractivity (Wildman–Crippen MR) is 80.6 cm³/mol. The fourth-order valence-electron chi connectivity index (χ4n) is 2.32. The lowest BCUT2D eigenvalue weighted by Gasteiger charge is -2.11. The molecule has 0 radical (unpaired) electrons. The molecule has 110 valence electrons. The van der Waals surface area contributed by atoms with Gasteiger partial charge in [0.05, 0.1) is 11.0 Å². The van der Waals surface area contributed by atoms with Crippen molar-refractivity contribution < 1.29 is 13.2 Å². The molecule has 20 heavy (non-hydrogen) atoms. The third kappa shape index (κ3) is 4.08. The lowest BCUT2D eigenvalue weighted by Crippen LogP contribution is -2.30. The number of hydrogen-bond donors (Lipinski definition) is 1. The molecular weight excluding hydrogens is 274 g/mol. The summed E-state index contributed by atoms with van der Waals surface area (Å²) < 4.78 is 28.8. The Labute approximate surface area is 120 Å². The molecule has 1 aromatic carbocycles. The molecule has 1 aliphatic rings. The molecule has 1 heterocycles. The fraction of sp³-hybridized carbons (Fsp3) is 0.467. The van der Waals surface area contributed by atoms with E-state index in [2.05, 4.69) is 11.9 Å². The van der Waals surface area contributed by atoms with E-state index in [9.17, 15) is 8.42 Å². The van der Waals surface area contributed by atoms with Gasteiger partial charge in [0.15, 0.2) is 9.84 Å². The van der Waals surface area contributed by atoms with Crippen LogP contribution >= 0.6 is 0 Å². The van der Waals surface area contributed by atoms with Crippen LogP contribution in [0.3, 0.4) is 0 Å². The second-order valence-corrected chi connectivity index (χ2v) is 7.41. The van der Waals surface area contributed by atoms with Crippen LogP contribution in [-0.2, 0) is 16.4 Å². The minimum absolute atomic E-state index is 0.210. The van der Waals surface area contributed by atoms with Gasteiger partial charge in [-0.15, -0.1) is 0 Å². The lowest BCUT2D eigenvalue weighted by molar-refractivity contribution is 0.363. The van der Waals surface area contributed by atoms with Crippen LogP contribution in [0, 0.1) is 0 Å². The fourth-order valence-corrected chi connectivity index (χ4v) is 4.12. The van der Waals surface area contributed by atoms with Crippen LogP contribution in [0.5, 0.6) is 5.75 Å². The summed E-state index contributed by atoms with van der Waals surface area (Å²) in [7, 11) is -2.85. The molecule has 0 spiro atoms. The average Bonchev–Trinajstić information content (AvgIpc) is 2.77. The highest BCUT2D eigenvalue weighted by Gasteiger charge is 2.30. The highest BCUT2D eigenvalue weighted by Crippen LogP contribution is 2.19. The summed E-state index contributed by atoms with van der Waals surface area (Å²) in [6.45, 7) is 5.31. The molecule has 5 heteroatoms. The maximum atomic E-state index is 11.7. The van der Waals surface area contributed by atoms with Crippen LogP contribution in [0.1, 0.15) is 18.4 Å². The van der Waals surface area contributed by atoms with Gasteiger partial charge in [-0.3, -0.25) is 0 Å². The SMILES string of the molecule is C=CCOc1ccc(CNCC2CCCS2(=O)=O)cc1. The molecule has 1 fully saturated rings. The van der Waals surface area contributed by atoms with Crippen LogP contribution in [0.15, 0.2) is 36.9 Å². The Morgan fingerprint density at radius 3 is 2.70 bits per heavy atom. The van der Waals surface area contributed by atoms with E-state index < -0.39 is 9.84 Å². The maximum Gasteiger partial charge on any atom is 0.154 e. The Kier molecular flexibility index (Phi) is 5.20. The molecule has 1 atom stereocenters. The second kappa shape index (κ2) is 6.90. The van der Waals surface area contributed by atoms with Crippen LogP contribution < -0.4 is 10.1 Å². The molecule has 0 bridgehead atoms. The monoisotopic (exact) mass is 295 g/mol. The highest BCUT2D eigenvalue weighted by atomic mass is 32.2. The molecule has 1 saturated heterocycles. The van der Waals surface area contributed by atoms with Crippen molar-refractivity contribution in [1.29, 1.82) is 0 Å². The van der Waals surface area contributed by atoms with E-state index in [4.69, 9.17) is 4.74 Å². The number of nitrogens with one attached hydrogen (secondary N) is 1. The molecule has 1 aliphatic heterocycles. The van der Waals surface area contributed by atoms with E-state index in [1.807, 2.05) is 24.3 Å². The van der Waals surface area contributed by atoms with E-state index in [0.29, 0.717) is 25.4 Å². The van der Waals surface area contributed by atoms with Crippen molar-refractivity contribution in [2.75, 3.05) is 18.9 Å². The molecule has 4 nitrogen and oxygen atoms in total. The van der Waals surface area contributed by atoms with Gasteiger partial charge >= 0.3 is 0 Å². The standard InChI is InChI=1S/C15H21NO3S/c1-2-9-19-14-7-5-13(6-8-14)11-16-12-15-4-3-10-20(15,17)18/h2,5-8,15-16H,1,3-4,9-12H2. The number of benzene rings is 1. The van der Waals surface area contributed by atoms with Crippen LogP contribution in [0.2, 0.25) is 0 Å². The summed E-state index contributed by atoms with van der Waals surface area (Å²) in [4.78, 5) is 0. The molecule has 1 N–H and O–H groups in total. The molecule has 1 aromatic rings. The van der Waals surface area contributed by atoms with Gasteiger partial charge in [-0.2, -0.15) is 0 Å². The third-order valence-corrected chi connectivity index (χ3v) is 5.73. The summed E-state index contributed by atoms with van der Waals surface area (Å²) in [6, 6.07) is 7.78. The van der Waals surface area contributed by atoms with Crippen molar-refractivity contribution in [2.24, 2.45) is 0 Å². The first kappa shape index (κ1) is 15.1. The van der Waals surface area contributed by atoms with E-state index in [1.165, 1.54) is 0 Å². The van der Waals surface area contributed by atoms with Gasteiger partial charge < -0.3 is 10.1 Å². The molecular formula is C15H21NO3S. The van der Waals surface area contributed by atoms with Crippen molar-refractivity contribution >= 4 is 9.84 Å². The number of sulfone groups is 1. The molecule has 0 aromatic heterocycles. The van der Waals surface area contributed by atoms with Crippen LogP contribution in [0.4, 0.5) is 0 Å². The van der Waals surface area contributed by atoms with E-state index in [1.54, 1.807) is 6.08 Å². The van der Waals surface area contributed by atoms with E-state index in [-0.39, 0.29) is 5.25 Å². The van der Waals surface area contributed by atoms with E-state index in [0.717, 1.165) is 24.2 Å². The maximum absolute atomic E-state index is 11.7. The Balaban J connectivity index is 1.78. The second-order valence-electron chi connectivity index (χ2n) is 5.01. The van der Waals surface area contributed by atoms with Crippen LogP contribution in [0.25, 0.3) is 0 Å². The van der Waals surface area contributed by atoms with Crippen molar-refractivity contribution in [3.63, 3.8) is 0 Å². The summed E-state index contributed by atoms with van der Waals surface area (Å²) in [5.41, 5.74) is 1.12. The Morgan fingerprint density at radius 2 is 2.10 bits per heavy atom. The van der Waals surface area contributed by atoms with Crippen molar-refractivity contribution in [3.8, 4) is 5.75 Å². The number of hydrogen-bond acceptors (Lipinski definition) is 4.